The van der Waals surface area contributed by atoms with Crippen LogP contribution in [0, 0.1) is 5.92 Å². The zero-order chi connectivity index (χ0) is 13.1. The van der Waals surface area contributed by atoms with Gasteiger partial charge in [0.15, 0.2) is 0 Å². The minimum atomic E-state index is -0.326. The number of piperidine rings is 1. The Morgan fingerprint density at radius 3 is 2.56 bits per heavy atom. The largest absolute Gasteiger partial charge is 0.442 e. The molecule has 2 fully saturated rings. The van der Waals surface area contributed by atoms with Crippen LogP contribution < -0.4 is 0 Å². The van der Waals surface area contributed by atoms with Crippen molar-refractivity contribution < 1.29 is 14.6 Å². The lowest BCUT2D eigenvalue weighted by atomic mass is 9.95. The summed E-state index contributed by atoms with van der Waals surface area (Å²) < 4.78 is 5.05. The van der Waals surface area contributed by atoms with Gasteiger partial charge in [-0.2, -0.15) is 0 Å². The molecule has 104 valence electrons. The molecule has 0 radical (unpaired) electrons. The minimum absolute atomic E-state index is 0.0754. The lowest BCUT2D eigenvalue weighted by Crippen LogP contribution is -2.42. The van der Waals surface area contributed by atoms with Gasteiger partial charge in [0, 0.05) is 12.6 Å². The maximum atomic E-state index is 11.6. The molecule has 0 aliphatic carbocycles. The van der Waals surface area contributed by atoms with Gasteiger partial charge >= 0.3 is 6.09 Å². The maximum absolute atomic E-state index is 11.6. The SMILES string of the molecule is CC(C)N1CCC(CN2C[C@H](CO)OC2=O)CC1. The molecular weight excluding hydrogens is 232 g/mol. The van der Waals surface area contributed by atoms with Gasteiger partial charge in [0.2, 0.25) is 0 Å². The van der Waals surface area contributed by atoms with Crippen LogP contribution in [-0.4, -0.2) is 65.9 Å². The van der Waals surface area contributed by atoms with Crippen molar-refractivity contribution in [2.75, 3.05) is 32.8 Å². The average Bonchev–Trinajstić information content (AvgIpc) is 2.71. The molecule has 2 aliphatic rings. The van der Waals surface area contributed by atoms with E-state index in [0.717, 1.165) is 32.5 Å². The number of aliphatic hydroxyl groups excluding tert-OH is 1. The van der Waals surface area contributed by atoms with Gasteiger partial charge in [-0.05, 0) is 45.7 Å². The van der Waals surface area contributed by atoms with E-state index in [1.54, 1.807) is 4.90 Å². The number of hydrogen-bond donors (Lipinski definition) is 1. The number of nitrogens with zero attached hydrogens (tertiary/aromatic N) is 2. The molecular formula is C13H24N2O3. The van der Waals surface area contributed by atoms with E-state index in [9.17, 15) is 4.79 Å². The molecule has 1 atom stereocenters. The second kappa shape index (κ2) is 5.89. The first-order chi connectivity index (χ1) is 8.60. The van der Waals surface area contributed by atoms with Crippen LogP contribution in [0.25, 0.3) is 0 Å². The molecule has 1 N–H and O–H groups in total. The number of carbonyl (C=O) groups is 1. The van der Waals surface area contributed by atoms with Crippen LogP contribution in [0.4, 0.5) is 4.79 Å². The lowest BCUT2D eigenvalue weighted by Gasteiger charge is -2.35. The van der Waals surface area contributed by atoms with Crippen molar-refractivity contribution in [3.05, 3.63) is 0 Å². The third-order valence-electron chi connectivity index (χ3n) is 4.01. The van der Waals surface area contributed by atoms with E-state index in [4.69, 9.17) is 9.84 Å². The summed E-state index contributed by atoms with van der Waals surface area (Å²) >= 11 is 0. The second-order valence-electron chi connectivity index (χ2n) is 5.67. The second-order valence-corrected chi connectivity index (χ2v) is 5.67. The lowest BCUT2D eigenvalue weighted by molar-refractivity contribution is 0.0935. The fraction of sp³-hybridized carbons (Fsp3) is 0.923. The topological polar surface area (TPSA) is 53.0 Å². The van der Waals surface area contributed by atoms with Crippen LogP contribution in [0.1, 0.15) is 26.7 Å². The van der Waals surface area contributed by atoms with E-state index < -0.39 is 0 Å². The number of hydrogen-bond acceptors (Lipinski definition) is 4. The number of cyclic esters (lactones) is 1. The Balaban J connectivity index is 1.76. The third-order valence-corrected chi connectivity index (χ3v) is 4.01. The summed E-state index contributed by atoms with van der Waals surface area (Å²) in [5.41, 5.74) is 0. The summed E-state index contributed by atoms with van der Waals surface area (Å²) in [6.45, 7) is 7.94. The fourth-order valence-corrected chi connectivity index (χ4v) is 2.78. The van der Waals surface area contributed by atoms with Gasteiger partial charge < -0.3 is 19.6 Å². The predicted octanol–water partition coefficient (Wildman–Crippen LogP) is 0.920. The Hall–Kier alpha value is -0.810. The molecule has 0 unspecified atom stereocenters. The van der Waals surface area contributed by atoms with Crippen LogP contribution >= 0.6 is 0 Å². The summed E-state index contributed by atoms with van der Waals surface area (Å²) in [6.07, 6.45) is 1.70. The first-order valence-electron chi connectivity index (χ1n) is 6.90. The highest BCUT2D eigenvalue weighted by atomic mass is 16.6. The maximum Gasteiger partial charge on any atom is 0.410 e. The van der Waals surface area contributed by atoms with Crippen molar-refractivity contribution >= 4 is 6.09 Å². The van der Waals surface area contributed by atoms with E-state index >= 15 is 0 Å². The summed E-state index contributed by atoms with van der Waals surface area (Å²) in [4.78, 5) is 15.8. The first-order valence-corrected chi connectivity index (χ1v) is 6.90. The normalized spacial score (nSPS) is 27.0. The van der Waals surface area contributed by atoms with Crippen molar-refractivity contribution in [2.45, 2.75) is 38.8 Å². The molecule has 2 saturated heterocycles. The monoisotopic (exact) mass is 256 g/mol. The van der Waals surface area contributed by atoms with Crippen molar-refractivity contribution in [3.8, 4) is 0 Å². The van der Waals surface area contributed by atoms with Crippen LogP contribution in [0.15, 0.2) is 0 Å². The Labute approximate surface area is 109 Å². The Morgan fingerprint density at radius 2 is 2.06 bits per heavy atom. The molecule has 5 nitrogen and oxygen atoms in total. The van der Waals surface area contributed by atoms with Crippen molar-refractivity contribution in [1.82, 2.24) is 9.80 Å². The molecule has 0 saturated carbocycles. The highest BCUT2D eigenvalue weighted by Gasteiger charge is 2.33. The predicted molar refractivity (Wildman–Crippen MR) is 68.4 cm³/mol. The number of rotatable bonds is 4. The smallest absolute Gasteiger partial charge is 0.410 e. The van der Waals surface area contributed by atoms with Gasteiger partial charge in [-0.25, -0.2) is 4.79 Å². The van der Waals surface area contributed by atoms with Crippen molar-refractivity contribution in [3.63, 3.8) is 0 Å². The van der Waals surface area contributed by atoms with Gasteiger partial charge in [-0.1, -0.05) is 0 Å². The summed E-state index contributed by atoms with van der Waals surface area (Å²) in [5, 5.41) is 8.99. The highest BCUT2D eigenvalue weighted by molar-refractivity contribution is 5.69. The van der Waals surface area contributed by atoms with E-state index in [1.807, 2.05) is 0 Å². The Morgan fingerprint density at radius 1 is 1.39 bits per heavy atom. The molecule has 2 rings (SSSR count). The number of carbonyl (C=O) groups excluding carboxylic acids is 1. The summed E-state index contributed by atoms with van der Waals surface area (Å²) in [7, 11) is 0. The molecule has 5 heteroatoms. The summed E-state index contributed by atoms with van der Waals surface area (Å²) in [5.74, 6) is 0.574. The van der Waals surface area contributed by atoms with Gasteiger partial charge in [0.05, 0.1) is 13.2 Å². The van der Waals surface area contributed by atoms with Gasteiger partial charge in [0.25, 0.3) is 0 Å². The van der Waals surface area contributed by atoms with E-state index in [-0.39, 0.29) is 18.8 Å². The molecule has 0 spiro atoms. The average molecular weight is 256 g/mol. The quantitative estimate of drug-likeness (QED) is 0.812. The van der Waals surface area contributed by atoms with Crippen LogP contribution in [0.2, 0.25) is 0 Å². The zero-order valence-corrected chi connectivity index (χ0v) is 11.3. The van der Waals surface area contributed by atoms with E-state index in [0.29, 0.717) is 18.5 Å². The summed E-state index contributed by atoms with van der Waals surface area (Å²) in [6, 6.07) is 0.612. The molecule has 2 heterocycles. The minimum Gasteiger partial charge on any atom is -0.442 e. The highest BCUT2D eigenvalue weighted by Crippen LogP contribution is 2.22. The van der Waals surface area contributed by atoms with E-state index in [1.165, 1.54) is 0 Å². The number of amides is 1. The van der Waals surface area contributed by atoms with Crippen LogP contribution in [0.5, 0.6) is 0 Å². The van der Waals surface area contributed by atoms with Gasteiger partial charge in [0.1, 0.15) is 6.10 Å². The number of likely N-dealkylation sites (tertiary alicyclic amines) is 1. The van der Waals surface area contributed by atoms with E-state index in [2.05, 4.69) is 18.7 Å². The zero-order valence-electron chi connectivity index (χ0n) is 11.3. The molecule has 18 heavy (non-hydrogen) atoms. The Bertz CT molecular complexity index is 288. The molecule has 0 aromatic rings. The third kappa shape index (κ3) is 3.14. The Kier molecular flexibility index (Phi) is 4.45. The van der Waals surface area contributed by atoms with Crippen LogP contribution in [-0.2, 0) is 4.74 Å². The van der Waals surface area contributed by atoms with Crippen molar-refractivity contribution in [1.29, 1.82) is 0 Å². The number of aliphatic hydroxyl groups is 1. The van der Waals surface area contributed by atoms with Gasteiger partial charge in [-0.3, -0.25) is 0 Å². The van der Waals surface area contributed by atoms with Gasteiger partial charge in [-0.15, -0.1) is 0 Å². The molecule has 0 aromatic heterocycles. The molecule has 0 bridgehead atoms. The molecule has 0 aromatic carbocycles. The molecule has 1 amide bonds. The van der Waals surface area contributed by atoms with Crippen LogP contribution in [0.3, 0.4) is 0 Å². The standard InChI is InChI=1S/C13H24N2O3/c1-10(2)14-5-3-11(4-6-14)7-15-8-12(9-16)18-13(15)17/h10-12,16H,3-9H2,1-2H3/t12-/m1/s1. The first kappa shape index (κ1) is 13.6. The molecule has 2 aliphatic heterocycles. The number of ether oxygens (including phenoxy) is 1. The van der Waals surface area contributed by atoms with Crippen molar-refractivity contribution in [2.24, 2.45) is 5.92 Å². The fourth-order valence-electron chi connectivity index (χ4n) is 2.78.